The van der Waals surface area contributed by atoms with Crippen LogP contribution >= 0.6 is 0 Å². The average Bonchev–Trinajstić information content (AvgIpc) is 2.95. The molecule has 0 saturated heterocycles. The van der Waals surface area contributed by atoms with Crippen molar-refractivity contribution >= 4 is 38.8 Å². The van der Waals surface area contributed by atoms with E-state index < -0.39 is 0 Å². The Morgan fingerprint density at radius 3 is 2.35 bits per heavy atom. The monoisotopic (exact) mass is 335 g/mol. The fraction of sp³-hybridized carbons (Fsp3) is 0. The number of aromatic nitrogens is 3. The molecule has 2 aromatic heterocycles. The minimum Gasteiger partial charge on any atom is -0.384 e. The van der Waals surface area contributed by atoms with Gasteiger partial charge in [-0.15, -0.1) is 0 Å². The van der Waals surface area contributed by atoms with Gasteiger partial charge in [-0.05, 0) is 23.6 Å². The molecule has 26 heavy (non-hydrogen) atoms. The Kier molecular flexibility index (Phi) is 2.94. The Labute approximate surface area is 148 Å². The standard InChI is InChI=1S/C21H13N5/c22-12-15-19-21(25-17-10-4-3-9-16(17)24-19)26(20(15)23)18-11-5-7-13-6-1-2-8-14(13)18/h1-11H,23H2. The number of nitriles is 1. The maximum Gasteiger partial charge on any atom is 0.167 e. The molecule has 0 spiro atoms. The Morgan fingerprint density at radius 2 is 1.54 bits per heavy atom. The first kappa shape index (κ1) is 14.4. The van der Waals surface area contributed by atoms with Gasteiger partial charge in [0.05, 0.1) is 16.7 Å². The van der Waals surface area contributed by atoms with Crippen LogP contribution in [-0.2, 0) is 0 Å². The van der Waals surface area contributed by atoms with Gasteiger partial charge in [-0.25, -0.2) is 9.97 Å². The zero-order valence-electron chi connectivity index (χ0n) is 13.7. The molecule has 5 aromatic rings. The topological polar surface area (TPSA) is 80.5 Å². The van der Waals surface area contributed by atoms with E-state index in [-0.39, 0.29) is 0 Å². The van der Waals surface area contributed by atoms with E-state index in [1.54, 1.807) is 0 Å². The molecule has 0 radical (unpaired) electrons. The summed E-state index contributed by atoms with van der Waals surface area (Å²) in [5.41, 5.74) is 10.2. The lowest BCUT2D eigenvalue weighted by molar-refractivity contribution is 1.12. The van der Waals surface area contributed by atoms with Crippen molar-refractivity contribution in [2.75, 3.05) is 5.73 Å². The van der Waals surface area contributed by atoms with Gasteiger partial charge in [0.1, 0.15) is 23.0 Å². The van der Waals surface area contributed by atoms with Crippen molar-refractivity contribution < 1.29 is 0 Å². The van der Waals surface area contributed by atoms with Crippen LogP contribution < -0.4 is 5.73 Å². The average molecular weight is 335 g/mol. The molecule has 2 heterocycles. The van der Waals surface area contributed by atoms with Gasteiger partial charge in [-0.2, -0.15) is 5.26 Å². The zero-order valence-corrected chi connectivity index (χ0v) is 13.7. The molecule has 5 rings (SSSR count). The van der Waals surface area contributed by atoms with Gasteiger partial charge in [0.25, 0.3) is 0 Å². The SMILES string of the molecule is N#Cc1c(N)n(-c2cccc3ccccc23)c2nc3ccccc3nc12. The van der Waals surface area contributed by atoms with E-state index in [0.29, 0.717) is 22.5 Å². The van der Waals surface area contributed by atoms with Crippen LogP contribution in [0.4, 0.5) is 5.82 Å². The van der Waals surface area contributed by atoms with E-state index in [1.165, 1.54) is 0 Å². The third-order valence-corrected chi connectivity index (χ3v) is 4.62. The number of hydrogen-bond donors (Lipinski definition) is 1. The Morgan fingerprint density at radius 1 is 0.846 bits per heavy atom. The number of para-hydroxylation sites is 2. The number of nitrogens with zero attached hydrogens (tertiary/aromatic N) is 4. The lowest BCUT2D eigenvalue weighted by Crippen LogP contribution is -2.02. The number of nitrogens with two attached hydrogens (primary N) is 1. The molecule has 2 N–H and O–H groups in total. The van der Waals surface area contributed by atoms with E-state index >= 15 is 0 Å². The number of anilines is 1. The number of fused-ring (bicyclic) bond motifs is 3. The molecule has 0 saturated carbocycles. The normalized spacial score (nSPS) is 11.2. The fourth-order valence-electron chi connectivity index (χ4n) is 3.42. The maximum absolute atomic E-state index is 9.65. The van der Waals surface area contributed by atoms with E-state index in [0.717, 1.165) is 27.5 Å². The van der Waals surface area contributed by atoms with Crippen molar-refractivity contribution in [3.8, 4) is 11.8 Å². The second-order valence-electron chi connectivity index (χ2n) is 6.09. The van der Waals surface area contributed by atoms with Crippen LogP contribution in [-0.4, -0.2) is 14.5 Å². The summed E-state index contributed by atoms with van der Waals surface area (Å²) in [4.78, 5) is 9.41. The predicted molar refractivity (Wildman–Crippen MR) is 103 cm³/mol. The number of rotatable bonds is 1. The molecular weight excluding hydrogens is 322 g/mol. The molecule has 0 fully saturated rings. The molecule has 0 amide bonds. The Bertz CT molecular complexity index is 1350. The molecule has 3 aromatic carbocycles. The molecule has 0 aliphatic carbocycles. The third kappa shape index (κ3) is 1.90. The van der Waals surface area contributed by atoms with Gasteiger partial charge < -0.3 is 5.73 Å². The first-order chi connectivity index (χ1) is 12.8. The fourth-order valence-corrected chi connectivity index (χ4v) is 3.42. The van der Waals surface area contributed by atoms with Gasteiger partial charge in [-0.1, -0.05) is 48.5 Å². The summed E-state index contributed by atoms with van der Waals surface area (Å²) in [6, 6.07) is 23.9. The highest BCUT2D eigenvalue weighted by molar-refractivity contribution is 5.97. The molecule has 0 aliphatic rings. The molecule has 5 heteroatoms. The second kappa shape index (κ2) is 5.30. The number of hydrogen-bond acceptors (Lipinski definition) is 4. The van der Waals surface area contributed by atoms with E-state index in [1.807, 2.05) is 71.3 Å². The van der Waals surface area contributed by atoms with Crippen LogP contribution in [0.5, 0.6) is 0 Å². The van der Waals surface area contributed by atoms with Crippen LogP contribution in [0, 0.1) is 11.3 Å². The minimum absolute atomic E-state index is 0.353. The largest absolute Gasteiger partial charge is 0.384 e. The second-order valence-corrected chi connectivity index (χ2v) is 6.09. The molecule has 122 valence electrons. The predicted octanol–water partition coefficient (Wildman–Crippen LogP) is 4.18. The maximum atomic E-state index is 9.65. The lowest BCUT2D eigenvalue weighted by Gasteiger charge is -2.11. The van der Waals surface area contributed by atoms with Crippen molar-refractivity contribution in [1.29, 1.82) is 5.26 Å². The summed E-state index contributed by atoms with van der Waals surface area (Å²) < 4.78 is 1.83. The highest BCUT2D eigenvalue weighted by atomic mass is 15.1. The summed E-state index contributed by atoms with van der Waals surface area (Å²) in [6.07, 6.45) is 0. The Hall–Kier alpha value is -3.91. The van der Waals surface area contributed by atoms with E-state index in [9.17, 15) is 5.26 Å². The summed E-state index contributed by atoms with van der Waals surface area (Å²) in [7, 11) is 0. The van der Waals surface area contributed by atoms with Gasteiger partial charge in [0.15, 0.2) is 5.65 Å². The summed E-state index contributed by atoms with van der Waals surface area (Å²) in [5, 5.41) is 11.8. The molecule has 0 aliphatic heterocycles. The lowest BCUT2D eigenvalue weighted by atomic mass is 10.1. The van der Waals surface area contributed by atoms with Crippen molar-refractivity contribution in [3.05, 3.63) is 72.3 Å². The highest BCUT2D eigenvalue weighted by Gasteiger charge is 2.20. The molecule has 0 atom stereocenters. The summed E-state index contributed by atoms with van der Waals surface area (Å²) in [6.45, 7) is 0. The zero-order chi connectivity index (χ0) is 17.7. The summed E-state index contributed by atoms with van der Waals surface area (Å²) >= 11 is 0. The van der Waals surface area contributed by atoms with Crippen molar-refractivity contribution in [3.63, 3.8) is 0 Å². The van der Waals surface area contributed by atoms with Gasteiger partial charge in [0.2, 0.25) is 0 Å². The third-order valence-electron chi connectivity index (χ3n) is 4.62. The van der Waals surface area contributed by atoms with E-state index in [4.69, 9.17) is 10.7 Å². The first-order valence-corrected chi connectivity index (χ1v) is 8.23. The smallest absolute Gasteiger partial charge is 0.167 e. The van der Waals surface area contributed by atoms with Crippen LogP contribution in [0.1, 0.15) is 5.56 Å². The van der Waals surface area contributed by atoms with Crippen LogP contribution in [0.3, 0.4) is 0 Å². The number of benzene rings is 3. The summed E-state index contributed by atoms with van der Waals surface area (Å²) in [5.74, 6) is 0.356. The van der Waals surface area contributed by atoms with E-state index in [2.05, 4.69) is 11.1 Å². The number of nitrogen functional groups attached to an aromatic ring is 1. The van der Waals surface area contributed by atoms with Crippen LogP contribution in [0.25, 0.3) is 38.7 Å². The molecule has 0 bridgehead atoms. The van der Waals surface area contributed by atoms with Crippen molar-refractivity contribution in [2.45, 2.75) is 0 Å². The minimum atomic E-state index is 0.353. The van der Waals surface area contributed by atoms with Crippen molar-refractivity contribution in [1.82, 2.24) is 14.5 Å². The van der Waals surface area contributed by atoms with Gasteiger partial charge >= 0.3 is 0 Å². The quantitative estimate of drug-likeness (QED) is 0.498. The molecule has 5 nitrogen and oxygen atoms in total. The Balaban J connectivity index is 1.98. The molecular formula is C21H13N5. The first-order valence-electron chi connectivity index (χ1n) is 8.23. The highest BCUT2D eigenvalue weighted by Crippen LogP contribution is 2.33. The van der Waals surface area contributed by atoms with Gasteiger partial charge in [-0.3, -0.25) is 4.57 Å². The van der Waals surface area contributed by atoms with Gasteiger partial charge in [0, 0.05) is 5.39 Å². The molecule has 0 unspecified atom stereocenters. The van der Waals surface area contributed by atoms with Crippen LogP contribution in [0.2, 0.25) is 0 Å². The van der Waals surface area contributed by atoms with Crippen LogP contribution in [0.15, 0.2) is 66.7 Å². The van der Waals surface area contributed by atoms with Crippen molar-refractivity contribution in [2.24, 2.45) is 0 Å².